The first kappa shape index (κ1) is 22.5. The molecular weight excluding hydrogens is 440 g/mol. The number of hydrogen-bond acceptors (Lipinski definition) is 6. The molecule has 0 saturated carbocycles. The minimum atomic E-state index is -0.168. The maximum Gasteiger partial charge on any atom is 0.258 e. The van der Waals surface area contributed by atoms with Crippen molar-refractivity contribution in [2.45, 2.75) is 33.1 Å². The van der Waals surface area contributed by atoms with Gasteiger partial charge >= 0.3 is 0 Å². The number of amides is 1. The van der Waals surface area contributed by atoms with Crippen LogP contribution >= 0.6 is 0 Å². The number of hydrogen-bond donors (Lipinski definition) is 1. The smallest absolute Gasteiger partial charge is 0.258 e. The molecule has 0 unspecified atom stereocenters. The van der Waals surface area contributed by atoms with Crippen molar-refractivity contribution >= 4 is 16.9 Å². The van der Waals surface area contributed by atoms with Crippen LogP contribution in [-0.2, 0) is 6.42 Å². The molecule has 5 aromatic rings. The van der Waals surface area contributed by atoms with Gasteiger partial charge in [0.15, 0.2) is 5.82 Å². The molecule has 8 heteroatoms. The van der Waals surface area contributed by atoms with Gasteiger partial charge in [0.05, 0.1) is 11.0 Å². The van der Waals surface area contributed by atoms with E-state index >= 15 is 0 Å². The molecule has 1 N–H and O–H groups in total. The van der Waals surface area contributed by atoms with Crippen molar-refractivity contribution < 1.29 is 9.32 Å². The monoisotopic (exact) mass is 466 g/mol. The van der Waals surface area contributed by atoms with Crippen molar-refractivity contribution in [1.82, 2.24) is 30.0 Å². The highest BCUT2D eigenvalue weighted by atomic mass is 16.5. The third-order valence-electron chi connectivity index (χ3n) is 5.93. The zero-order chi connectivity index (χ0) is 24.4. The van der Waals surface area contributed by atoms with E-state index in [1.807, 2.05) is 25.1 Å². The van der Waals surface area contributed by atoms with Gasteiger partial charge in [0.25, 0.3) is 11.8 Å². The number of benzene rings is 2. The van der Waals surface area contributed by atoms with Gasteiger partial charge in [-0.1, -0.05) is 31.1 Å². The lowest BCUT2D eigenvalue weighted by atomic mass is 10.0. The van der Waals surface area contributed by atoms with E-state index in [4.69, 9.17) is 9.51 Å². The molecule has 0 saturated heterocycles. The van der Waals surface area contributed by atoms with Crippen molar-refractivity contribution in [2.24, 2.45) is 0 Å². The van der Waals surface area contributed by atoms with Crippen LogP contribution in [0.5, 0.6) is 0 Å². The van der Waals surface area contributed by atoms with Crippen molar-refractivity contribution in [3.05, 3.63) is 89.8 Å². The third kappa shape index (κ3) is 4.68. The molecule has 1 amide bonds. The van der Waals surface area contributed by atoms with Crippen LogP contribution in [0.4, 0.5) is 0 Å². The molecule has 0 aliphatic carbocycles. The van der Waals surface area contributed by atoms with Crippen LogP contribution in [-0.4, -0.2) is 37.1 Å². The zero-order valence-corrected chi connectivity index (χ0v) is 19.9. The Morgan fingerprint density at radius 2 is 1.80 bits per heavy atom. The maximum absolute atomic E-state index is 12.8. The predicted octanol–water partition coefficient (Wildman–Crippen LogP) is 4.87. The summed E-state index contributed by atoms with van der Waals surface area (Å²) in [6.07, 6.45) is 3.80. The van der Waals surface area contributed by atoms with E-state index in [-0.39, 0.29) is 5.91 Å². The Kier molecular flexibility index (Phi) is 6.10. The first-order valence-electron chi connectivity index (χ1n) is 11.6. The zero-order valence-electron chi connectivity index (χ0n) is 19.9. The predicted molar refractivity (Wildman–Crippen MR) is 133 cm³/mol. The molecule has 3 heterocycles. The largest absolute Gasteiger partial charge is 0.352 e. The van der Waals surface area contributed by atoms with Crippen molar-refractivity contribution in [3.63, 3.8) is 0 Å². The molecule has 0 bridgehead atoms. The van der Waals surface area contributed by atoms with E-state index in [1.165, 1.54) is 5.56 Å². The summed E-state index contributed by atoms with van der Waals surface area (Å²) in [5.74, 6) is 2.15. The lowest BCUT2D eigenvalue weighted by molar-refractivity contribution is 0.0954. The van der Waals surface area contributed by atoms with Gasteiger partial charge in [-0.2, -0.15) is 4.98 Å². The number of aromatic nitrogens is 5. The minimum absolute atomic E-state index is 0.168. The summed E-state index contributed by atoms with van der Waals surface area (Å²) >= 11 is 0. The van der Waals surface area contributed by atoms with Gasteiger partial charge in [-0.15, -0.1) is 0 Å². The van der Waals surface area contributed by atoms with Crippen LogP contribution in [0.25, 0.3) is 28.2 Å². The van der Waals surface area contributed by atoms with E-state index in [0.29, 0.717) is 36.2 Å². The highest BCUT2D eigenvalue weighted by molar-refractivity contribution is 5.97. The summed E-state index contributed by atoms with van der Waals surface area (Å²) < 4.78 is 7.41. The van der Waals surface area contributed by atoms with E-state index in [2.05, 4.69) is 63.1 Å². The number of rotatable bonds is 7. The van der Waals surface area contributed by atoms with Crippen LogP contribution in [0.2, 0.25) is 0 Å². The summed E-state index contributed by atoms with van der Waals surface area (Å²) in [7, 11) is 0. The summed E-state index contributed by atoms with van der Waals surface area (Å²) in [5, 5.41) is 6.91. The summed E-state index contributed by atoms with van der Waals surface area (Å²) in [6.45, 7) is 6.73. The van der Waals surface area contributed by atoms with Gasteiger partial charge in [-0.05, 0) is 60.9 Å². The minimum Gasteiger partial charge on any atom is -0.352 e. The second-order valence-electron chi connectivity index (χ2n) is 8.70. The summed E-state index contributed by atoms with van der Waals surface area (Å²) in [5.41, 5.74) is 5.46. The van der Waals surface area contributed by atoms with E-state index in [1.54, 1.807) is 24.5 Å². The van der Waals surface area contributed by atoms with Gasteiger partial charge in [0, 0.05) is 42.2 Å². The molecule has 0 spiro atoms. The Morgan fingerprint density at radius 3 is 2.54 bits per heavy atom. The fourth-order valence-electron chi connectivity index (χ4n) is 4.03. The van der Waals surface area contributed by atoms with Crippen LogP contribution in [0.15, 0.2) is 71.5 Å². The number of carbonyl (C=O) groups is 1. The number of imidazole rings is 1. The van der Waals surface area contributed by atoms with Crippen LogP contribution in [0.3, 0.4) is 0 Å². The Bertz CT molecular complexity index is 1470. The lowest BCUT2D eigenvalue weighted by Crippen LogP contribution is -2.25. The van der Waals surface area contributed by atoms with Gasteiger partial charge in [-0.25, -0.2) is 4.98 Å². The molecule has 0 aliphatic heterocycles. The third-order valence-corrected chi connectivity index (χ3v) is 5.93. The first-order chi connectivity index (χ1) is 17.0. The average Bonchev–Trinajstić information content (AvgIpc) is 3.47. The van der Waals surface area contributed by atoms with Crippen molar-refractivity contribution in [1.29, 1.82) is 0 Å². The fourth-order valence-corrected chi connectivity index (χ4v) is 4.03. The van der Waals surface area contributed by atoms with Crippen LogP contribution < -0.4 is 5.32 Å². The fraction of sp³-hybridized carbons (Fsp3) is 0.222. The second-order valence-corrected chi connectivity index (χ2v) is 8.70. The normalized spacial score (nSPS) is 11.3. The number of fused-ring (bicyclic) bond motifs is 1. The first-order valence-corrected chi connectivity index (χ1v) is 11.6. The number of carbonyl (C=O) groups excluding carboxylic acids is 1. The summed E-state index contributed by atoms with van der Waals surface area (Å²) in [6, 6.07) is 17.7. The number of aryl methyl sites for hydroxylation is 1. The number of nitrogens with zero attached hydrogens (tertiary/aromatic N) is 5. The Balaban J connectivity index is 1.26. The van der Waals surface area contributed by atoms with Gasteiger partial charge < -0.3 is 9.84 Å². The van der Waals surface area contributed by atoms with Crippen LogP contribution in [0.1, 0.15) is 47.3 Å². The molecule has 0 radical (unpaired) electrons. The molecular formula is C27H26N6O2. The highest BCUT2D eigenvalue weighted by Gasteiger charge is 2.14. The molecule has 0 atom stereocenters. The molecule has 2 aromatic carbocycles. The molecule has 176 valence electrons. The molecule has 8 nitrogen and oxygen atoms in total. The standard InChI is InChI=1S/C27H26N6O2/c1-17(2)19-4-7-22(8-5-19)33-18(3)30-23-16-21(6-9-24(23)33)26(34)29-15-12-25-31-27(35-32-25)20-10-13-28-14-11-20/h4-11,13-14,16-17H,12,15H2,1-3H3,(H,29,34). The van der Waals surface area contributed by atoms with Gasteiger partial charge in [0.2, 0.25) is 0 Å². The van der Waals surface area contributed by atoms with E-state index in [9.17, 15) is 4.79 Å². The SMILES string of the molecule is Cc1nc2cc(C(=O)NCCc3noc(-c4ccncc4)n3)ccc2n1-c1ccc(C(C)C)cc1. The molecule has 0 aliphatic rings. The number of nitrogens with one attached hydrogen (secondary N) is 1. The molecule has 3 aromatic heterocycles. The van der Waals surface area contributed by atoms with Crippen molar-refractivity contribution in [3.8, 4) is 17.1 Å². The van der Waals surface area contributed by atoms with Crippen molar-refractivity contribution in [2.75, 3.05) is 6.54 Å². The Hall–Kier alpha value is -4.33. The summed E-state index contributed by atoms with van der Waals surface area (Å²) in [4.78, 5) is 25.8. The Morgan fingerprint density at radius 1 is 1.03 bits per heavy atom. The Labute approximate surface area is 203 Å². The van der Waals surface area contributed by atoms with Gasteiger partial charge in [0.1, 0.15) is 5.82 Å². The maximum atomic E-state index is 12.8. The van der Waals surface area contributed by atoms with E-state index in [0.717, 1.165) is 28.1 Å². The van der Waals surface area contributed by atoms with Gasteiger partial charge in [-0.3, -0.25) is 14.3 Å². The topological polar surface area (TPSA) is 98.7 Å². The molecule has 5 rings (SSSR count). The molecule has 0 fully saturated rings. The second kappa shape index (κ2) is 9.50. The lowest BCUT2D eigenvalue weighted by Gasteiger charge is -2.10. The highest BCUT2D eigenvalue weighted by Crippen LogP contribution is 2.24. The quantitative estimate of drug-likeness (QED) is 0.367. The average molecular weight is 467 g/mol. The van der Waals surface area contributed by atoms with Crippen LogP contribution in [0, 0.1) is 6.92 Å². The van der Waals surface area contributed by atoms with E-state index < -0.39 is 0 Å². The number of pyridine rings is 1. The molecule has 35 heavy (non-hydrogen) atoms.